The van der Waals surface area contributed by atoms with Crippen LogP contribution in [0.1, 0.15) is 37.6 Å². The van der Waals surface area contributed by atoms with E-state index in [1.54, 1.807) is 14.2 Å². The van der Waals surface area contributed by atoms with Gasteiger partial charge in [-0.15, -0.1) is 0 Å². The molecule has 104 valence electrons. The van der Waals surface area contributed by atoms with Crippen molar-refractivity contribution in [2.75, 3.05) is 27.9 Å². The first-order chi connectivity index (χ1) is 8.74. The topological polar surface area (TPSA) is 69.4 Å². The Bertz CT molecular complexity index is 330. The molecule has 0 fully saturated rings. The Kier molecular flexibility index (Phi) is 6.85. The van der Waals surface area contributed by atoms with Crippen LogP contribution < -0.4 is 5.32 Å². The number of likely N-dealkylation sites (N-methyl/N-ethyl adjacent to an activating group) is 1. The summed E-state index contributed by atoms with van der Waals surface area (Å²) in [5.74, 6) is 1.24. The molecule has 1 heterocycles. The number of aromatic nitrogens is 2. The smallest absolute Gasteiger partial charge is 0.228 e. The summed E-state index contributed by atoms with van der Waals surface area (Å²) < 4.78 is 15.7. The summed E-state index contributed by atoms with van der Waals surface area (Å²) in [6.45, 7) is 2.71. The highest BCUT2D eigenvalue weighted by atomic mass is 16.5. The van der Waals surface area contributed by atoms with Gasteiger partial charge in [0.1, 0.15) is 6.10 Å². The third-order valence-corrected chi connectivity index (χ3v) is 2.80. The lowest BCUT2D eigenvalue weighted by Gasteiger charge is -2.12. The van der Waals surface area contributed by atoms with Gasteiger partial charge >= 0.3 is 0 Å². The minimum absolute atomic E-state index is 0.0806. The van der Waals surface area contributed by atoms with Gasteiger partial charge in [-0.2, -0.15) is 4.98 Å². The molecule has 0 spiro atoms. The SMILES string of the molecule is CCCC(OC)c1noc(CC(COC)NC)n1. The van der Waals surface area contributed by atoms with Crippen LogP contribution >= 0.6 is 0 Å². The molecular formula is C12H23N3O3. The van der Waals surface area contributed by atoms with E-state index in [2.05, 4.69) is 22.4 Å². The second-order valence-electron chi connectivity index (χ2n) is 4.20. The van der Waals surface area contributed by atoms with Crippen molar-refractivity contribution in [1.82, 2.24) is 15.5 Å². The van der Waals surface area contributed by atoms with E-state index in [4.69, 9.17) is 14.0 Å². The number of nitrogens with one attached hydrogen (secondary N) is 1. The molecule has 0 aliphatic rings. The van der Waals surface area contributed by atoms with Crippen LogP contribution in [-0.4, -0.2) is 44.1 Å². The molecule has 0 aromatic carbocycles. The maximum absolute atomic E-state index is 5.34. The van der Waals surface area contributed by atoms with E-state index in [0.29, 0.717) is 24.7 Å². The van der Waals surface area contributed by atoms with Gasteiger partial charge < -0.3 is 19.3 Å². The predicted octanol–water partition coefficient (Wildman–Crippen LogP) is 1.33. The van der Waals surface area contributed by atoms with Gasteiger partial charge in [0.15, 0.2) is 0 Å². The Labute approximate surface area is 108 Å². The van der Waals surface area contributed by atoms with Crippen LogP contribution in [0.5, 0.6) is 0 Å². The van der Waals surface area contributed by atoms with Gasteiger partial charge in [-0.25, -0.2) is 0 Å². The normalized spacial score (nSPS) is 14.7. The van der Waals surface area contributed by atoms with Crippen LogP contribution in [0.2, 0.25) is 0 Å². The van der Waals surface area contributed by atoms with E-state index in [1.807, 2.05) is 7.05 Å². The van der Waals surface area contributed by atoms with Crippen LogP contribution in [0.15, 0.2) is 4.52 Å². The van der Waals surface area contributed by atoms with E-state index in [9.17, 15) is 0 Å². The number of hydrogen-bond acceptors (Lipinski definition) is 6. The van der Waals surface area contributed by atoms with Crippen molar-refractivity contribution in [2.45, 2.75) is 38.3 Å². The highest BCUT2D eigenvalue weighted by Gasteiger charge is 2.18. The Hall–Kier alpha value is -0.980. The van der Waals surface area contributed by atoms with Crippen LogP contribution in [0, 0.1) is 0 Å². The highest BCUT2D eigenvalue weighted by molar-refractivity contribution is 4.93. The lowest BCUT2D eigenvalue weighted by molar-refractivity contribution is 0.0854. The summed E-state index contributed by atoms with van der Waals surface area (Å²) in [6.07, 6.45) is 2.48. The molecule has 0 aliphatic heterocycles. The van der Waals surface area contributed by atoms with Crippen LogP contribution in [-0.2, 0) is 15.9 Å². The molecule has 1 N–H and O–H groups in total. The molecule has 0 radical (unpaired) electrons. The van der Waals surface area contributed by atoms with E-state index < -0.39 is 0 Å². The zero-order valence-electron chi connectivity index (χ0n) is 11.6. The second kappa shape index (κ2) is 8.18. The molecule has 18 heavy (non-hydrogen) atoms. The van der Waals surface area contributed by atoms with Gasteiger partial charge in [0.2, 0.25) is 11.7 Å². The lowest BCUT2D eigenvalue weighted by atomic mass is 10.2. The molecule has 2 atom stereocenters. The summed E-state index contributed by atoms with van der Waals surface area (Å²) in [6, 6.07) is 0.176. The molecule has 0 bridgehead atoms. The second-order valence-corrected chi connectivity index (χ2v) is 4.20. The van der Waals surface area contributed by atoms with E-state index >= 15 is 0 Å². The molecule has 1 aromatic heterocycles. The van der Waals surface area contributed by atoms with Crippen molar-refractivity contribution < 1.29 is 14.0 Å². The first-order valence-electron chi connectivity index (χ1n) is 6.26. The van der Waals surface area contributed by atoms with E-state index in [-0.39, 0.29) is 12.1 Å². The highest BCUT2D eigenvalue weighted by Crippen LogP contribution is 2.19. The summed E-state index contributed by atoms with van der Waals surface area (Å²) in [7, 11) is 5.22. The molecule has 6 nitrogen and oxygen atoms in total. The molecule has 1 rings (SSSR count). The van der Waals surface area contributed by atoms with Crippen LogP contribution in [0.3, 0.4) is 0 Å². The monoisotopic (exact) mass is 257 g/mol. The summed E-state index contributed by atoms with van der Waals surface area (Å²) in [5.41, 5.74) is 0. The fourth-order valence-corrected chi connectivity index (χ4v) is 1.75. The van der Waals surface area contributed by atoms with Crippen molar-refractivity contribution >= 4 is 0 Å². The zero-order valence-corrected chi connectivity index (χ0v) is 11.6. The Morgan fingerprint density at radius 2 is 2.17 bits per heavy atom. The van der Waals surface area contributed by atoms with Crippen molar-refractivity contribution in [2.24, 2.45) is 0 Å². The predicted molar refractivity (Wildman–Crippen MR) is 67.4 cm³/mol. The largest absolute Gasteiger partial charge is 0.383 e. The van der Waals surface area contributed by atoms with E-state index in [1.165, 1.54) is 0 Å². The molecule has 0 aliphatic carbocycles. The first-order valence-corrected chi connectivity index (χ1v) is 6.26. The number of methoxy groups -OCH3 is 2. The van der Waals surface area contributed by atoms with Gasteiger partial charge in [0, 0.05) is 26.7 Å². The van der Waals surface area contributed by atoms with Crippen LogP contribution in [0.25, 0.3) is 0 Å². The molecule has 2 unspecified atom stereocenters. The Morgan fingerprint density at radius 3 is 2.72 bits per heavy atom. The van der Waals surface area contributed by atoms with Gasteiger partial charge in [0.25, 0.3) is 0 Å². The standard InChI is InChI=1S/C12H23N3O3/c1-5-6-10(17-4)12-14-11(18-15-12)7-9(13-2)8-16-3/h9-10,13H,5-8H2,1-4H3. The van der Waals surface area contributed by atoms with Crippen molar-refractivity contribution in [3.63, 3.8) is 0 Å². The Morgan fingerprint density at radius 1 is 1.39 bits per heavy atom. The number of rotatable bonds is 9. The summed E-state index contributed by atoms with van der Waals surface area (Å²) in [5, 5.41) is 7.12. The minimum Gasteiger partial charge on any atom is -0.383 e. The third kappa shape index (κ3) is 4.36. The summed E-state index contributed by atoms with van der Waals surface area (Å²) >= 11 is 0. The molecule has 0 amide bonds. The fourth-order valence-electron chi connectivity index (χ4n) is 1.75. The van der Waals surface area contributed by atoms with Crippen molar-refractivity contribution in [1.29, 1.82) is 0 Å². The lowest BCUT2D eigenvalue weighted by Crippen LogP contribution is -2.32. The molecule has 6 heteroatoms. The average Bonchev–Trinajstić information content (AvgIpc) is 2.83. The van der Waals surface area contributed by atoms with Gasteiger partial charge in [-0.3, -0.25) is 0 Å². The van der Waals surface area contributed by atoms with Gasteiger partial charge in [0.05, 0.1) is 6.61 Å². The maximum atomic E-state index is 5.34. The molecule has 1 aromatic rings. The van der Waals surface area contributed by atoms with Gasteiger partial charge in [-0.05, 0) is 13.5 Å². The first kappa shape index (κ1) is 15.1. The number of nitrogens with zero attached hydrogens (tertiary/aromatic N) is 2. The number of hydrogen-bond donors (Lipinski definition) is 1. The molecule has 0 saturated carbocycles. The van der Waals surface area contributed by atoms with Crippen LogP contribution in [0.4, 0.5) is 0 Å². The van der Waals surface area contributed by atoms with Gasteiger partial charge in [-0.1, -0.05) is 18.5 Å². The fraction of sp³-hybridized carbons (Fsp3) is 0.833. The molecular weight excluding hydrogens is 234 g/mol. The number of ether oxygens (including phenoxy) is 2. The minimum atomic E-state index is -0.0806. The van der Waals surface area contributed by atoms with Crippen molar-refractivity contribution in [3.8, 4) is 0 Å². The summed E-state index contributed by atoms with van der Waals surface area (Å²) in [4.78, 5) is 4.37. The third-order valence-electron chi connectivity index (χ3n) is 2.80. The Balaban J connectivity index is 2.61. The zero-order chi connectivity index (χ0) is 13.4. The quantitative estimate of drug-likeness (QED) is 0.720. The maximum Gasteiger partial charge on any atom is 0.228 e. The molecule has 0 saturated heterocycles. The van der Waals surface area contributed by atoms with Crippen molar-refractivity contribution in [3.05, 3.63) is 11.7 Å². The van der Waals surface area contributed by atoms with E-state index in [0.717, 1.165) is 12.8 Å². The average molecular weight is 257 g/mol.